The van der Waals surface area contributed by atoms with Crippen LogP contribution >= 0.6 is 21.6 Å². The van der Waals surface area contributed by atoms with Crippen molar-refractivity contribution in [2.45, 2.75) is 77.3 Å². The number of hydrogen-bond acceptors (Lipinski definition) is 10. The second-order valence-electron chi connectivity index (χ2n) is 11.6. The molecule has 0 spiro atoms. The predicted octanol–water partition coefficient (Wildman–Crippen LogP) is 7.93. The average molecular weight is 640 g/mol. The second kappa shape index (κ2) is 15.9. The minimum Gasteiger partial charge on any atom is -0.493 e. The summed E-state index contributed by atoms with van der Waals surface area (Å²) in [5.74, 6) is 1.70. The first-order valence-electron chi connectivity index (χ1n) is 14.9. The fourth-order valence-electron chi connectivity index (χ4n) is 5.18. The van der Waals surface area contributed by atoms with E-state index in [4.69, 9.17) is 23.9 Å². The van der Waals surface area contributed by atoms with Crippen LogP contribution in [0.3, 0.4) is 0 Å². The van der Waals surface area contributed by atoms with Crippen LogP contribution in [0.1, 0.15) is 69.3 Å². The Morgan fingerprint density at radius 1 is 1.07 bits per heavy atom. The Balaban J connectivity index is 1.50. The molecule has 3 aromatic rings. The molecule has 4 rings (SSSR count). The monoisotopic (exact) mass is 639 g/mol. The van der Waals surface area contributed by atoms with Crippen molar-refractivity contribution in [1.82, 2.24) is 4.98 Å². The second-order valence-corrected chi connectivity index (χ2v) is 14.7. The Morgan fingerprint density at radius 2 is 1.82 bits per heavy atom. The molecule has 0 aliphatic carbocycles. The van der Waals surface area contributed by atoms with Gasteiger partial charge in [-0.15, -0.1) is 0 Å². The molecule has 0 saturated carbocycles. The molecule has 1 atom stereocenters. The van der Waals surface area contributed by atoms with Crippen molar-refractivity contribution in [2.24, 2.45) is 4.99 Å². The Bertz CT molecular complexity index is 1400. The van der Waals surface area contributed by atoms with Crippen LogP contribution in [-0.2, 0) is 24.4 Å². The summed E-state index contributed by atoms with van der Waals surface area (Å²) in [4.78, 5) is 11.0. The molecule has 0 fully saturated rings. The zero-order valence-electron chi connectivity index (χ0n) is 26.7. The summed E-state index contributed by atoms with van der Waals surface area (Å²) in [7, 11) is 5.27. The van der Waals surface area contributed by atoms with E-state index in [0.717, 1.165) is 36.4 Å². The number of nitrogens with zero attached hydrogens (tertiary/aromatic N) is 3. The molecular formula is C34H45N3O5S2. The molecule has 1 aliphatic heterocycles. The van der Waals surface area contributed by atoms with Gasteiger partial charge in [0.05, 0.1) is 43.5 Å². The predicted molar refractivity (Wildman–Crippen MR) is 183 cm³/mol. The van der Waals surface area contributed by atoms with Crippen LogP contribution < -0.4 is 19.1 Å². The summed E-state index contributed by atoms with van der Waals surface area (Å²) in [6, 6.07) is 15.5. The maximum absolute atomic E-state index is 11.4. The molecule has 1 aromatic heterocycles. The third-order valence-electron chi connectivity index (χ3n) is 7.33. The maximum atomic E-state index is 11.4. The van der Waals surface area contributed by atoms with Gasteiger partial charge in [0, 0.05) is 40.7 Å². The Kier molecular flexibility index (Phi) is 12.3. The molecule has 0 amide bonds. The third kappa shape index (κ3) is 9.06. The van der Waals surface area contributed by atoms with Crippen molar-refractivity contribution in [3.63, 3.8) is 0 Å². The number of aliphatic hydroxyl groups excluding tert-OH is 1. The quantitative estimate of drug-likeness (QED) is 0.0899. The number of aromatic nitrogens is 1. The highest BCUT2D eigenvalue weighted by Crippen LogP contribution is 2.42. The lowest BCUT2D eigenvalue weighted by Gasteiger charge is -2.27. The highest BCUT2D eigenvalue weighted by atomic mass is 33.1. The van der Waals surface area contributed by atoms with Gasteiger partial charge in [0.2, 0.25) is 0 Å². The number of fused-ring (bicyclic) bond motifs is 1. The van der Waals surface area contributed by atoms with Crippen LogP contribution in [0.2, 0.25) is 0 Å². The molecular weight excluding hydrogens is 595 g/mol. The molecule has 0 saturated heterocycles. The van der Waals surface area contributed by atoms with Crippen LogP contribution in [-0.4, -0.2) is 54.2 Å². The number of aliphatic imine (C=N–C) groups is 1. The number of aliphatic hydroxyl groups is 1. The van der Waals surface area contributed by atoms with Crippen molar-refractivity contribution in [3.05, 3.63) is 71.0 Å². The van der Waals surface area contributed by atoms with Crippen molar-refractivity contribution in [1.29, 1.82) is 0 Å². The van der Waals surface area contributed by atoms with E-state index in [1.165, 1.54) is 5.56 Å². The Labute approximate surface area is 270 Å². The number of rotatable bonds is 17. The molecule has 1 aliphatic rings. The molecule has 1 N–H and O–H groups in total. The van der Waals surface area contributed by atoms with Gasteiger partial charge in [-0.05, 0) is 77.6 Å². The van der Waals surface area contributed by atoms with Crippen molar-refractivity contribution < 1.29 is 24.1 Å². The molecule has 0 radical (unpaired) electrons. The highest BCUT2D eigenvalue weighted by molar-refractivity contribution is 8.76. The lowest BCUT2D eigenvalue weighted by atomic mass is 10.1. The summed E-state index contributed by atoms with van der Waals surface area (Å²) in [6.45, 7) is 14.2. The van der Waals surface area contributed by atoms with Gasteiger partial charge in [0.1, 0.15) is 12.4 Å². The lowest BCUT2D eigenvalue weighted by molar-refractivity contribution is 0.0632. The van der Waals surface area contributed by atoms with E-state index in [1.807, 2.05) is 59.9 Å². The third-order valence-corrected chi connectivity index (χ3v) is 10.0. The minimum atomic E-state index is -0.911. The van der Waals surface area contributed by atoms with Crippen molar-refractivity contribution in [3.8, 4) is 17.2 Å². The number of methoxy groups -OCH3 is 1. The molecule has 2 heterocycles. The molecule has 0 bridgehead atoms. The number of hydrogen-bond donors (Lipinski definition) is 1. The van der Waals surface area contributed by atoms with E-state index in [9.17, 15) is 5.11 Å². The number of benzene rings is 2. The Morgan fingerprint density at radius 3 is 2.52 bits per heavy atom. The maximum Gasteiger partial charge on any atom is 0.163 e. The molecule has 10 heteroatoms. The average Bonchev–Trinajstić information content (AvgIpc) is 3.44. The SMILES string of the molecule is C=Nc1cc(OCc2cc(OCCCC(C)(C)SSC)cc(COC(C)C)n2)c(OC)cc1C(O)N1CCc2ccccc21. The number of para-hydroxylation sites is 1. The van der Waals surface area contributed by atoms with Crippen LogP contribution in [0.15, 0.2) is 53.5 Å². The van der Waals surface area contributed by atoms with Crippen LogP contribution in [0.4, 0.5) is 11.4 Å². The van der Waals surface area contributed by atoms with Crippen LogP contribution in [0, 0.1) is 0 Å². The summed E-state index contributed by atoms with van der Waals surface area (Å²) < 4.78 is 24.1. The largest absolute Gasteiger partial charge is 0.493 e. The van der Waals surface area contributed by atoms with Gasteiger partial charge >= 0.3 is 0 Å². The van der Waals surface area contributed by atoms with E-state index in [0.29, 0.717) is 48.2 Å². The topological polar surface area (TPSA) is 85.6 Å². The van der Waals surface area contributed by atoms with Gasteiger partial charge < -0.3 is 29.0 Å². The standard InChI is InChI=1S/C34H45N3O5S2/c1-23(2)41-21-25-17-27(40-16-10-14-34(3,4)44-43-7)18-26(36-25)22-42-32-20-29(35-5)28(19-31(32)39-6)33(38)37-15-13-24-11-8-9-12-30(24)37/h8-9,11-12,17-20,23,33,38H,5,10,13-16,21-22H2,1-4,6-7H3. The minimum absolute atomic E-state index is 0.0780. The zero-order valence-corrected chi connectivity index (χ0v) is 28.3. The summed E-state index contributed by atoms with van der Waals surface area (Å²) >= 11 is 0. The first kappa shape index (κ1) is 34.0. The normalized spacial score (nSPS) is 13.6. The van der Waals surface area contributed by atoms with Gasteiger partial charge in [-0.3, -0.25) is 9.98 Å². The summed E-state index contributed by atoms with van der Waals surface area (Å²) in [6.07, 6.45) is 4.15. The summed E-state index contributed by atoms with van der Waals surface area (Å²) in [5.41, 5.74) is 4.83. The lowest BCUT2D eigenvalue weighted by Crippen LogP contribution is -2.26. The molecule has 1 unspecified atom stereocenters. The fraction of sp³-hybridized carbons (Fsp3) is 0.471. The van der Waals surface area contributed by atoms with E-state index in [-0.39, 0.29) is 17.5 Å². The van der Waals surface area contributed by atoms with Crippen molar-refractivity contribution >= 4 is 39.7 Å². The summed E-state index contributed by atoms with van der Waals surface area (Å²) in [5, 5.41) is 11.4. The number of pyridine rings is 1. The number of ether oxygens (including phenoxy) is 4. The molecule has 8 nitrogen and oxygen atoms in total. The molecule has 44 heavy (non-hydrogen) atoms. The fourth-order valence-corrected chi connectivity index (χ4v) is 7.46. The molecule has 238 valence electrons. The first-order valence-corrected chi connectivity index (χ1v) is 17.5. The number of anilines is 1. The van der Waals surface area contributed by atoms with Gasteiger partial charge in [0.25, 0.3) is 0 Å². The highest BCUT2D eigenvalue weighted by Gasteiger charge is 2.28. The first-order chi connectivity index (χ1) is 21.1. The Hall–Kier alpha value is -2.92. The van der Waals surface area contributed by atoms with Crippen LogP contribution in [0.5, 0.6) is 17.2 Å². The van der Waals surface area contributed by atoms with E-state index in [2.05, 4.69) is 37.9 Å². The molecule has 2 aromatic carbocycles. The van der Waals surface area contributed by atoms with E-state index < -0.39 is 6.23 Å². The van der Waals surface area contributed by atoms with Crippen molar-refractivity contribution in [2.75, 3.05) is 31.4 Å². The van der Waals surface area contributed by atoms with Gasteiger partial charge in [-0.25, -0.2) is 0 Å². The van der Waals surface area contributed by atoms with Gasteiger partial charge in [-0.2, -0.15) is 0 Å². The van der Waals surface area contributed by atoms with Gasteiger partial charge in [-0.1, -0.05) is 39.8 Å². The van der Waals surface area contributed by atoms with Crippen LogP contribution in [0.25, 0.3) is 0 Å². The smallest absolute Gasteiger partial charge is 0.163 e. The van der Waals surface area contributed by atoms with E-state index >= 15 is 0 Å². The van der Waals surface area contributed by atoms with Gasteiger partial charge in [0.15, 0.2) is 17.7 Å². The zero-order chi connectivity index (χ0) is 31.7. The van der Waals surface area contributed by atoms with E-state index in [1.54, 1.807) is 30.0 Å².